The van der Waals surface area contributed by atoms with Gasteiger partial charge in [0.1, 0.15) is 11.6 Å². The van der Waals surface area contributed by atoms with Crippen LogP contribution in [0, 0.1) is 12.7 Å². The molecule has 138 valence electrons. The molecule has 2 aromatic carbocycles. The fourth-order valence-corrected chi connectivity index (χ4v) is 3.00. The van der Waals surface area contributed by atoms with Crippen LogP contribution in [0.15, 0.2) is 42.5 Å². The molecule has 0 atom stereocenters. The number of nitrogens with one attached hydrogen (secondary N) is 1. The van der Waals surface area contributed by atoms with E-state index >= 15 is 0 Å². The Kier molecular flexibility index (Phi) is 5.61. The minimum atomic E-state index is -0.246. The quantitative estimate of drug-likeness (QED) is 0.914. The molecule has 0 saturated carbocycles. The summed E-state index contributed by atoms with van der Waals surface area (Å²) in [6, 6.07) is 12.9. The first-order valence-corrected chi connectivity index (χ1v) is 8.73. The van der Waals surface area contributed by atoms with Gasteiger partial charge in [-0.1, -0.05) is 12.1 Å². The lowest BCUT2D eigenvalue weighted by Crippen LogP contribution is -2.51. The highest BCUT2D eigenvalue weighted by Gasteiger charge is 2.21. The number of carbonyl (C=O) groups is 1. The van der Waals surface area contributed by atoms with Gasteiger partial charge in [-0.2, -0.15) is 0 Å². The summed E-state index contributed by atoms with van der Waals surface area (Å²) in [6.45, 7) is 4.91. The molecule has 6 heteroatoms. The summed E-state index contributed by atoms with van der Waals surface area (Å²) < 4.78 is 18.8. The number of urea groups is 1. The van der Waals surface area contributed by atoms with Crippen molar-refractivity contribution in [3.05, 3.63) is 59.4 Å². The molecule has 0 aliphatic carbocycles. The fourth-order valence-electron chi connectivity index (χ4n) is 3.00. The molecule has 1 N–H and O–H groups in total. The van der Waals surface area contributed by atoms with Crippen molar-refractivity contribution in [3.8, 4) is 5.75 Å². The normalized spacial score (nSPS) is 14.3. The van der Waals surface area contributed by atoms with Crippen LogP contribution >= 0.6 is 0 Å². The standard InChI is InChI=1S/C20H24FN3O2/c1-15-3-4-16(13-19(15)21)14-22-20(25)24-11-9-23(10-12-24)17-5-7-18(26-2)8-6-17/h3-8,13H,9-12,14H2,1-2H3,(H,22,25). The van der Waals surface area contributed by atoms with Gasteiger partial charge in [-0.3, -0.25) is 0 Å². The van der Waals surface area contributed by atoms with Crippen LogP contribution < -0.4 is 15.0 Å². The minimum Gasteiger partial charge on any atom is -0.497 e. The number of aryl methyl sites for hydroxylation is 1. The SMILES string of the molecule is COc1ccc(N2CCN(C(=O)NCc3ccc(C)c(F)c3)CC2)cc1. The maximum atomic E-state index is 13.6. The molecule has 26 heavy (non-hydrogen) atoms. The topological polar surface area (TPSA) is 44.8 Å². The summed E-state index contributed by atoms with van der Waals surface area (Å²) in [7, 11) is 1.65. The summed E-state index contributed by atoms with van der Waals surface area (Å²) in [6.07, 6.45) is 0. The van der Waals surface area contributed by atoms with Gasteiger partial charge in [-0.15, -0.1) is 0 Å². The predicted molar refractivity (Wildman–Crippen MR) is 100 cm³/mol. The first-order chi connectivity index (χ1) is 12.6. The maximum Gasteiger partial charge on any atom is 0.317 e. The van der Waals surface area contributed by atoms with E-state index < -0.39 is 0 Å². The first-order valence-electron chi connectivity index (χ1n) is 8.73. The van der Waals surface area contributed by atoms with Crippen molar-refractivity contribution in [1.29, 1.82) is 0 Å². The van der Waals surface area contributed by atoms with Gasteiger partial charge >= 0.3 is 6.03 Å². The molecule has 1 heterocycles. The third kappa shape index (κ3) is 4.25. The molecule has 1 aliphatic rings. The van der Waals surface area contributed by atoms with Crippen LogP contribution in [-0.2, 0) is 6.54 Å². The molecular formula is C20H24FN3O2. The van der Waals surface area contributed by atoms with Crippen molar-refractivity contribution in [3.63, 3.8) is 0 Å². The van der Waals surface area contributed by atoms with Gasteiger partial charge in [0.2, 0.25) is 0 Å². The molecule has 2 aromatic rings. The minimum absolute atomic E-state index is 0.111. The summed E-state index contributed by atoms with van der Waals surface area (Å²) in [5, 5.41) is 2.87. The summed E-state index contributed by atoms with van der Waals surface area (Å²) in [4.78, 5) is 16.4. The molecule has 5 nitrogen and oxygen atoms in total. The monoisotopic (exact) mass is 357 g/mol. The molecule has 1 aliphatic heterocycles. The Hall–Kier alpha value is -2.76. The van der Waals surface area contributed by atoms with Crippen molar-refractivity contribution in [2.45, 2.75) is 13.5 Å². The van der Waals surface area contributed by atoms with E-state index in [1.54, 1.807) is 25.0 Å². The second-order valence-electron chi connectivity index (χ2n) is 6.41. The third-order valence-corrected chi connectivity index (χ3v) is 4.68. The number of hydrogen-bond donors (Lipinski definition) is 1. The average molecular weight is 357 g/mol. The molecule has 0 radical (unpaired) electrons. The Morgan fingerprint density at radius 2 is 1.81 bits per heavy atom. The highest BCUT2D eigenvalue weighted by Crippen LogP contribution is 2.20. The number of piperazine rings is 1. The third-order valence-electron chi connectivity index (χ3n) is 4.68. The Morgan fingerprint density at radius 1 is 1.12 bits per heavy atom. The number of ether oxygens (including phenoxy) is 1. The van der Waals surface area contributed by atoms with E-state index in [9.17, 15) is 9.18 Å². The average Bonchev–Trinajstić information content (AvgIpc) is 2.69. The maximum absolute atomic E-state index is 13.6. The molecule has 0 spiro atoms. The van der Waals surface area contributed by atoms with Crippen LogP contribution in [0.3, 0.4) is 0 Å². The van der Waals surface area contributed by atoms with E-state index in [2.05, 4.69) is 10.2 Å². The van der Waals surface area contributed by atoms with Gasteiger partial charge < -0.3 is 19.9 Å². The number of halogens is 1. The number of anilines is 1. The molecule has 0 unspecified atom stereocenters. The molecule has 1 fully saturated rings. The Labute approximate surface area is 153 Å². The number of hydrogen-bond acceptors (Lipinski definition) is 3. The first kappa shape index (κ1) is 18.0. The second kappa shape index (κ2) is 8.08. The zero-order valence-electron chi connectivity index (χ0n) is 15.2. The van der Waals surface area contributed by atoms with Crippen molar-refractivity contribution in [2.75, 3.05) is 38.2 Å². The number of rotatable bonds is 4. The zero-order chi connectivity index (χ0) is 18.5. The van der Waals surface area contributed by atoms with Crippen molar-refractivity contribution < 1.29 is 13.9 Å². The smallest absolute Gasteiger partial charge is 0.317 e. The molecule has 3 rings (SSSR count). The second-order valence-corrected chi connectivity index (χ2v) is 6.41. The predicted octanol–water partition coefficient (Wildman–Crippen LogP) is 3.17. The van der Waals surface area contributed by atoms with E-state index in [-0.39, 0.29) is 11.8 Å². The van der Waals surface area contributed by atoms with Crippen LogP contribution in [-0.4, -0.2) is 44.2 Å². The van der Waals surface area contributed by atoms with Gasteiger partial charge in [0.25, 0.3) is 0 Å². The lowest BCUT2D eigenvalue weighted by molar-refractivity contribution is 0.194. The largest absolute Gasteiger partial charge is 0.497 e. The molecular weight excluding hydrogens is 333 g/mol. The van der Waals surface area contributed by atoms with Crippen LogP contribution in [0.4, 0.5) is 14.9 Å². The molecule has 0 bridgehead atoms. The van der Waals surface area contributed by atoms with Gasteiger partial charge in [0.05, 0.1) is 7.11 Å². The fraction of sp³-hybridized carbons (Fsp3) is 0.350. The van der Waals surface area contributed by atoms with E-state index in [1.807, 2.05) is 30.3 Å². The highest BCUT2D eigenvalue weighted by atomic mass is 19.1. The summed E-state index contributed by atoms with van der Waals surface area (Å²) in [5.41, 5.74) is 2.49. The van der Waals surface area contributed by atoms with Crippen molar-refractivity contribution >= 4 is 11.7 Å². The number of carbonyl (C=O) groups excluding carboxylic acids is 1. The van der Waals surface area contributed by atoms with Gasteiger partial charge in [0.15, 0.2) is 0 Å². The lowest BCUT2D eigenvalue weighted by Gasteiger charge is -2.36. The number of nitrogens with zero attached hydrogens (tertiary/aromatic N) is 2. The van der Waals surface area contributed by atoms with Crippen molar-refractivity contribution in [1.82, 2.24) is 10.2 Å². The van der Waals surface area contributed by atoms with Gasteiger partial charge in [-0.25, -0.2) is 9.18 Å². The van der Waals surface area contributed by atoms with E-state index in [4.69, 9.17) is 4.74 Å². The van der Waals surface area contributed by atoms with E-state index in [0.717, 1.165) is 30.1 Å². The number of methoxy groups -OCH3 is 1. The van der Waals surface area contributed by atoms with Crippen LogP contribution in [0.25, 0.3) is 0 Å². The summed E-state index contributed by atoms with van der Waals surface area (Å²) in [5.74, 6) is 0.587. The van der Waals surface area contributed by atoms with Gasteiger partial charge in [0, 0.05) is 38.4 Å². The van der Waals surface area contributed by atoms with Crippen molar-refractivity contribution in [2.24, 2.45) is 0 Å². The highest BCUT2D eigenvalue weighted by molar-refractivity contribution is 5.74. The van der Waals surface area contributed by atoms with Crippen LogP contribution in [0.1, 0.15) is 11.1 Å². The number of benzene rings is 2. The molecule has 1 saturated heterocycles. The number of amides is 2. The Balaban J connectivity index is 1.49. The van der Waals surface area contributed by atoms with E-state index in [1.165, 1.54) is 6.07 Å². The Morgan fingerprint density at radius 3 is 2.42 bits per heavy atom. The van der Waals surface area contributed by atoms with Crippen LogP contribution in [0.2, 0.25) is 0 Å². The lowest BCUT2D eigenvalue weighted by atomic mass is 10.1. The Bertz CT molecular complexity index is 756. The molecule has 2 amide bonds. The summed E-state index contributed by atoms with van der Waals surface area (Å²) >= 11 is 0. The van der Waals surface area contributed by atoms with Crippen LogP contribution in [0.5, 0.6) is 5.75 Å². The van der Waals surface area contributed by atoms with Gasteiger partial charge in [-0.05, 0) is 48.4 Å². The molecule has 0 aromatic heterocycles. The van der Waals surface area contributed by atoms with E-state index in [0.29, 0.717) is 25.2 Å². The zero-order valence-corrected chi connectivity index (χ0v) is 15.2.